The second-order valence-electron chi connectivity index (χ2n) is 2.60. The molecular weight excluding hydrogens is 255 g/mol. The number of Topliss-reactive ketones (excluding diaryl/α,β-unsaturated/α-hetero) is 1. The Hall–Kier alpha value is -0.350. The predicted molar refractivity (Wildman–Crippen MR) is 56.2 cm³/mol. The molecule has 1 nitrogen and oxygen atoms in total. The molecular formula is C9H8BrFOS. The summed E-state index contributed by atoms with van der Waals surface area (Å²) in [7, 11) is 0. The van der Waals surface area contributed by atoms with Crippen molar-refractivity contribution in [1.82, 2.24) is 0 Å². The first-order valence-corrected chi connectivity index (χ1v) is 5.26. The molecule has 4 heteroatoms. The van der Waals surface area contributed by atoms with Gasteiger partial charge < -0.3 is 0 Å². The Kier molecular flexibility index (Phi) is 3.93. The van der Waals surface area contributed by atoms with E-state index in [1.165, 1.54) is 0 Å². The lowest BCUT2D eigenvalue weighted by Gasteiger charge is -2.02. The van der Waals surface area contributed by atoms with E-state index in [1.807, 2.05) is 0 Å². The lowest BCUT2D eigenvalue weighted by molar-refractivity contribution is -0.115. The molecule has 0 heterocycles. The van der Waals surface area contributed by atoms with Crippen molar-refractivity contribution in [2.75, 3.05) is 5.33 Å². The van der Waals surface area contributed by atoms with Crippen LogP contribution in [0.3, 0.4) is 0 Å². The van der Waals surface area contributed by atoms with Gasteiger partial charge in [0.1, 0.15) is 11.6 Å². The third-order valence-corrected chi connectivity index (χ3v) is 2.57. The van der Waals surface area contributed by atoms with Gasteiger partial charge in [-0.1, -0.05) is 28.1 Å². The van der Waals surface area contributed by atoms with Gasteiger partial charge >= 0.3 is 0 Å². The Bertz CT molecular complexity index is 327. The molecule has 0 aromatic heterocycles. The minimum Gasteiger partial charge on any atom is -0.298 e. The largest absolute Gasteiger partial charge is 0.298 e. The molecule has 0 spiro atoms. The van der Waals surface area contributed by atoms with Crippen molar-refractivity contribution in [3.8, 4) is 0 Å². The van der Waals surface area contributed by atoms with Gasteiger partial charge in [-0.25, -0.2) is 4.39 Å². The van der Waals surface area contributed by atoms with E-state index < -0.39 is 5.82 Å². The van der Waals surface area contributed by atoms with Crippen LogP contribution in [-0.4, -0.2) is 11.1 Å². The molecule has 1 aromatic carbocycles. The van der Waals surface area contributed by atoms with Gasteiger partial charge in [-0.2, -0.15) is 0 Å². The molecule has 0 saturated carbocycles. The lowest BCUT2D eigenvalue weighted by Crippen LogP contribution is -2.05. The van der Waals surface area contributed by atoms with Crippen molar-refractivity contribution < 1.29 is 9.18 Å². The van der Waals surface area contributed by atoms with Gasteiger partial charge in [-0.3, -0.25) is 4.79 Å². The molecule has 1 aromatic rings. The van der Waals surface area contributed by atoms with Crippen LogP contribution in [0.15, 0.2) is 23.1 Å². The highest BCUT2D eigenvalue weighted by molar-refractivity contribution is 9.09. The van der Waals surface area contributed by atoms with Crippen LogP contribution >= 0.6 is 28.6 Å². The summed E-state index contributed by atoms with van der Waals surface area (Å²) in [6.45, 7) is 0. The SMILES string of the molecule is O=C(CBr)Cc1cccc(S)c1F. The third-order valence-electron chi connectivity index (χ3n) is 1.59. The van der Waals surface area contributed by atoms with Gasteiger partial charge in [0, 0.05) is 11.3 Å². The number of rotatable bonds is 3. The number of carbonyl (C=O) groups is 1. The highest BCUT2D eigenvalue weighted by Crippen LogP contribution is 2.16. The van der Waals surface area contributed by atoms with Crippen molar-refractivity contribution in [2.24, 2.45) is 0 Å². The van der Waals surface area contributed by atoms with E-state index in [4.69, 9.17) is 0 Å². The lowest BCUT2D eigenvalue weighted by atomic mass is 10.1. The summed E-state index contributed by atoms with van der Waals surface area (Å²) in [6, 6.07) is 4.83. The minimum absolute atomic E-state index is 0.0437. The number of ketones is 1. The number of thiol groups is 1. The summed E-state index contributed by atoms with van der Waals surface area (Å²) in [5.41, 5.74) is 0.400. The summed E-state index contributed by atoms with van der Waals surface area (Å²) >= 11 is 6.95. The summed E-state index contributed by atoms with van der Waals surface area (Å²) in [6.07, 6.45) is 0.117. The van der Waals surface area contributed by atoms with Gasteiger partial charge in [-0.15, -0.1) is 12.6 Å². The zero-order valence-electron chi connectivity index (χ0n) is 6.76. The number of halogens is 2. The molecule has 13 heavy (non-hydrogen) atoms. The fraction of sp³-hybridized carbons (Fsp3) is 0.222. The third kappa shape index (κ3) is 2.81. The summed E-state index contributed by atoms with van der Waals surface area (Å²) in [4.78, 5) is 11.3. The Morgan fingerprint density at radius 3 is 2.85 bits per heavy atom. The molecule has 0 unspecified atom stereocenters. The zero-order chi connectivity index (χ0) is 9.84. The minimum atomic E-state index is -0.403. The fourth-order valence-corrected chi connectivity index (χ4v) is 1.39. The molecule has 0 amide bonds. The highest BCUT2D eigenvalue weighted by atomic mass is 79.9. The van der Waals surface area contributed by atoms with E-state index in [9.17, 15) is 9.18 Å². The topological polar surface area (TPSA) is 17.1 Å². The molecule has 0 radical (unpaired) electrons. The molecule has 70 valence electrons. The van der Waals surface area contributed by atoms with Crippen molar-refractivity contribution in [2.45, 2.75) is 11.3 Å². The van der Waals surface area contributed by atoms with Gasteiger partial charge in [0.25, 0.3) is 0 Å². The molecule has 0 atom stereocenters. The second kappa shape index (κ2) is 4.77. The average Bonchev–Trinajstić information content (AvgIpc) is 2.13. The first-order valence-electron chi connectivity index (χ1n) is 3.69. The van der Waals surface area contributed by atoms with Gasteiger partial charge in [-0.05, 0) is 11.6 Å². The molecule has 0 saturated heterocycles. The predicted octanol–water partition coefficient (Wildman–Crippen LogP) is 2.62. The quantitative estimate of drug-likeness (QED) is 0.655. The number of hydrogen-bond acceptors (Lipinski definition) is 2. The first-order chi connectivity index (χ1) is 6.15. The Morgan fingerprint density at radius 1 is 1.54 bits per heavy atom. The van der Waals surface area contributed by atoms with Crippen LogP contribution in [0.4, 0.5) is 4.39 Å². The normalized spacial score (nSPS) is 10.1. The smallest absolute Gasteiger partial charge is 0.147 e. The van der Waals surface area contributed by atoms with Crippen molar-refractivity contribution >= 4 is 34.3 Å². The van der Waals surface area contributed by atoms with Gasteiger partial charge in [0.15, 0.2) is 0 Å². The molecule has 0 aliphatic rings. The second-order valence-corrected chi connectivity index (χ2v) is 3.64. The molecule has 0 bridgehead atoms. The van der Waals surface area contributed by atoms with E-state index in [1.54, 1.807) is 18.2 Å². The van der Waals surface area contributed by atoms with Gasteiger partial charge in [0.2, 0.25) is 0 Å². The van der Waals surface area contributed by atoms with E-state index in [0.717, 1.165) is 0 Å². The first kappa shape index (κ1) is 10.7. The van der Waals surface area contributed by atoms with Crippen LogP contribution in [0.25, 0.3) is 0 Å². The van der Waals surface area contributed by atoms with E-state index >= 15 is 0 Å². The molecule has 0 fully saturated rings. The fourth-order valence-electron chi connectivity index (χ4n) is 0.962. The Labute approximate surface area is 89.9 Å². The van der Waals surface area contributed by atoms with Crippen LogP contribution in [0.2, 0.25) is 0 Å². The van der Waals surface area contributed by atoms with Crippen molar-refractivity contribution in [3.05, 3.63) is 29.6 Å². The monoisotopic (exact) mass is 262 g/mol. The molecule has 0 aliphatic carbocycles. The standard InChI is InChI=1S/C9H8BrFOS/c10-5-7(12)4-6-2-1-3-8(13)9(6)11/h1-3,13H,4-5H2. The molecule has 1 rings (SSSR count). The number of carbonyl (C=O) groups excluding carboxylic acids is 1. The van der Waals surface area contributed by atoms with Crippen molar-refractivity contribution in [3.63, 3.8) is 0 Å². The maximum Gasteiger partial charge on any atom is 0.147 e. The van der Waals surface area contributed by atoms with Crippen LogP contribution in [0.1, 0.15) is 5.56 Å². The Balaban J connectivity index is 2.89. The molecule has 0 aliphatic heterocycles. The number of hydrogen-bond donors (Lipinski definition) is 1. The van der Waals surface area contributed by atoms with Crippen LogP contribution in [-0.2, 0) is 11.2 Å². The Morgan fingerprint density at radius 2 is 2.23 bits per heavy atom. The highest BCUT2D eigenvalue weighted by Gasteiger charge is 2.08. The van der Waals surface area contributed by atoms with Gasteiger partial charge in [0.05, 0.1) is 5.33 Å². The maximum atomic E-state index is 13.3. The molecule has 0 N–H and O–H groups in total. The number of alkyl halides is 1. The summed E-state index contributed by atoms with van der Waals surface area (Å²) in [5, 5.41) is 0.253. The zero-order valence-corrected chi connectivity index (χ0v) is 9.24. The van der Waals surface area contributed by atoms with Crippen LogP contribution in [0, 0.1) is 5.82 Å². The maximum absolute atomic E-state index is 13.3. The average molecular weight is 263 g/mol. The van der Waals surface area contributed by atoms with Crippen molar-refractivity contribution in [1.29, 1.82) is 0 Å². The summed E-state index contributed by atoms with van der Waals surface area (Å²) in [5.74, 6) is -0.446. The van der Waals surface area contributed by atoms with E-state index in [0.29, 0.717) is 5.56 Å². The van der Waals surface area contributed by atoms with Crippen LogP contribution in [0.5, 0.6) is 0 Å². The van der Waals surface area contributed by atoms with E-state index in [-0.39, 0.29) is 22.4 Å². The number of benzene rings is 1. The van der Waals surface area contributed by atoms with E-state index in [2.05, 4.69) is 28.6 Å². The summed E-state index contributed by atoms with van der Waals surface area (Å²) < 4.78 is 13.3. The van der Waals surface area contributed by atoms with Crippen LogP contribution < -0.4 is 0 Å².